The largest absolute Gasteiger partial charge is 0.480 e. The highest BCUT2D eigenvalue weighted by molar-refractivity contribution is 6.35. The summed E-state index contributed by atoms with van der Waals surface area (Å²) in [6, 6.07) is 17.4. The Morgan fingerprint density at radius 2 is 1.70 bits per heavy atom. The van der Waals surface area contributed by atoms with Gasteiger partial charge in [0.2, 0.25) is 5.91 Å². The van der Waals surface area contributed by atoms with Crippen LogP contribution in [0.4, 0.5) is 0 Å². The molecular weight excluding hydrogens is 385 g/mol. The number of amides is 1. The molecule has 0 spiro atoms. The third kappa shape index (κ3) is 5.00. The van der Waals surface area contributed by atoms with Crippen LogP contribution in [0.2, 0.25) is 10.0 Å². The number of benzene rings is 3. The lowest BCUT2D eigenvalue weighted by molar-refractivity contribution is -0.141. The molecule has 0 saturated heterocycles. The molecule has 0 bridgehead atoms. The molecule has 27 heavy (non-hydrogen) atoms. The van der Waals surface area contributed by atoms with E-state index in [2.05, 4.69) is 5.32 Å². The number of carboxylic acids is 1. The summed E-state index contributed by atoms with van der Waals surface area (Å²) in [5, 5.41) is 15.0. The molecule has 0 aromatic heterocycles. The second-order valence-corrected chi connectivity index (χ2v) is 7.10. The summed E-state index contributed by atoms with van der Waals surface area (Å²) < 4.78 is 0. The molecule has 138 valence electrons. The van der Waals surface area contributed by atoms with Crippen LogP contribution in [0.1, 0.15) is 11.1 Å². The number of carbonyl (C=O) groups is 2. The fraction of sp³-hybridized carbons (Fsp3) is 0.143. The first-order valence-corrected chi connectivity index (χ1v) is 9.12. The zero-order valence-corrected chi connectivity index (χ0v) is 15.8. The Bertz CT molecular complexity index is 1000. The minimum absolute atomic E-state index is 0.0782. The Morgan fingerprint density at radius 3 is 2.41 bits per heavy atom. The first-order valence-electron chi connectivity index (χ1n) is 8.36. The number of hydrogen-bond acceptors (Lipinski definition) is 2. The van der Waals surface area contributed by atoms with Gasteiger partial charge in [-0.15, -0.1) is 0 Å². The number of carbonyl (C=O) groups excluding carboxylic acids is 1. The third-order valence-electron chi connectivity index (χ3n) is 4.25. The molecule has 4 nitrogen and oxygen atoms in total. The van der Waals surface area contributed by atoms with Crippen molar-refractivity contribution in [3.05, 3.63) is 81.8 Å². The molecule has 0 aliphatic heterocycles. The zero-order chi connectivity index (χ0) is 19.4. The van der Waals surface area contributed by atoms with Gasteiger partial charge in [0, 0.05) is 16.5 Å². The molecule has 1 amide bonds. The summed E-state index contributed by atoms with van der Waals surface area (Å²) in [6.45, 7) is 0. The second-order valence-electron chi connectivity index (χ2n) is 6.26. The number of fused-ring (bicyclic) bond motifs is 1. The van der Waals surface area contributed by atoms with E-state index in [0.29, 0.717) is 15.6 Å². The van der Waals surface area contributed by atoms with Crippen molar-refractivity contribution in [2.45, 2.75) is 18.9 Å². The lowest BCUT2D eigenvalue weighted by Gasteiger charge is -2.16. The van der Waals surface area contributed by atoms with Crippen LogP contribution in [0, 0.1) is 0 Å². The van der Waals surface area contributed by atoms with Gasteiger partial charge in [-0.3, -0.25) is 4.79 Å². The van der Waals surface area contributed by atoms with Crippen LogP contribution in [0.25, 0.3) is 10.8 Å². The standard InChI is InChI=1S/C21H17Cl2NO3/c22-17-8-7-16(18(23)12-17)11-19(21(26)27)24-20(25)10-13-5-6-14-3-1-2-4-15(14)9-13/h1-9,12,19H,10-11H2,(H,24,25)(H,26,27)/t19-/m0/s1. The van der Waals surface area contributed by atoms with Gasteiger partial charge in [0.1, 0.15) is 6.04 Å². The van der Waals surface area contributed by atoms with Gasteiger partial charge in [0.15, 0.2) is 0 Å². The van der Waals surface area contributed by atoms with Gasteiger partial charge in [-0.05, 0) is 34.0 Å². The van der Waals surface area contributed by atoms with E-state index in [1.165, 1.54) is 0 Å². The van der Waals surface area contributed by atoms with Crippen LogP contribution in [0.15, 0.2) is 60.7 Å². The van der Waals surface area contributed by atoms with Gasteiger partial charge < -0.3 is 10.4 Å². The van der Waals surface area contributed by atoms with Crippen molar-refractivity contribution in [1.82, 2.24) is 5.32 Å². The number of rotatable bonds is 6. The highest BCUT2D eigenvalue weighted by Gasteiger charge is 2.21. The van der Waals surface area contributed by atoms with E-state index in [-0.39, 0.29) is 18.7 Å². The molecule has 3 aromatic carbocycles. The van der Waals surface area contributed by atoms with E-state index < -0.39 is 12.0 Å². The fourth-order valence-corrected chi connectivity index (χ4v) is 3.37. The highest BCUT2D eigenvalue weighted by Crippen LogP contribution is 2.22. The van der Waals surface area contributed by atoms with E-state index in [0.717, 1.165) is 16.3 Å². The van der Waals surface area contributed by atoms with Crippen molar-refractivity contribution < 1.29 is 14.7 Å². The van der Waals surface area contributed by atoms with E-state index in [4.69, 9.17) is 23.2 Å². The molecule has 0 fully saturated rings. The minimum atomic E-state index is -1.12. The lowest BCUT2D eigenvalue weighted by atomic mass is 10.0. The molecular formula is C21H17Cl2NO3. The summed E-state index contributed by atoms with van der Waals surface area (Å²) >= 11 is 12.0. The van der Waals surface area contributed by atoms with Gasteiger partial charge in [-0.1, -0.05) is 71.7 Å². The average molecular weight is 402 g/mol. The smallest absolute Gasteiger partial charge is 0.326 e. The van der Waals surface area contributed by atoms with E-state index in [9.17, 15) is 14.7 Å². The van der Waals surface area contributed by atoms with Crippen molar-refractivity contribution in [1.29, 1.82) is 0 Å². The van der Waals surface area contributed by atoms with E-state index >= 15 is 0 Å². The Hall–Kier alpha value is -2.56. The molecule has 0 radical (unpaired) electrons. The molecule has 2 N–H and O–H groups in total. The highest BCUT2D eigenvalue weighted by atomic mass is 35.5. The Balaban J connectivity index is 1.69. The molecule has 1 atom stereocenters. The predicted octanol–water partition coefficient (Wildman–Crippen LogP) is 4.50. The quantitative estimate of drug-likeness (QED) is 0.638. The first kappa shape index (κ1) is 19.2. The Labute approximate surface area is 166 Å². The molecule has 0 heterocycles. The molecule has 0 saturated carbocycles. The van der Waals surface area contributed by atoms with Crippen molar-refractivity contribution in [2.75, 3.05) is 0 Å². The lowest BCUT2D eigenvalue weighted by Crippen LogP contribution is -2.43. The fourth-order valence-electron chi connectivity index (χ4n) is 2.89. The summed E-state index contributed by atoms with van der Waals surface area (Å²) in [5.41, 5.74) is 1.43. The van der Waals surface area contributed by atoms with Crippen LogP contribution in [-0.2, 0) is 22.4 Å². The number of hydrogen-bond donors (Lipinski definition) is 2. The van der Waals surface area contributed by atoms with Gasteiger partial charge in [-0.25, -0.2) is 4.79 Å². The maximum Gasteiger partial charge on any atom is 0.326 e. The zero-order valence-electron chi connectivity index (χ0n) is 14.3. The number of nitrogens with one attached hydrogen (secondary N) is 1. The number of aliphatic carboxylic acids is 1. The third-order valence-corrected chi connectivity index (χ3v) is 4.84. The predicted molar refractivity (Wildman–Crippen MR) is 107 cm³/mol. The van der Waals surface area contributed by atoms with Crippen molar-refractivity contribution >= 4 is 45.9 Å². The Morgan fingerprint density at radius 1 is 0.963 bits per heavy atom. The van der Waals surface area contributed by atoms with Crippen molar-refractivity contribution in [3.63, 3.8) is 0 Å². The average Bonchev–Trinajstić information content (AvgIpc) is 2.63. The summed E-state index contributed by atoms with van der Waals surface area (Å²) in [5.74, 6) is -1.48. The van der Waals surface area contributed by atoms with E-state index in [1.807, 2.05) is 42.5 Å². The first-order chi connectivity index (χ1) is 12.9. The topological polar surface area (TPSA) is 66.4 Å². The van der Waals surface area contributed by atoms with Crippen molar-refractivity contribution in [3.8, 4) is 0 Å². The van der Waals surface area contributed by atoms with Crippen LogP contribution < -0.4 is 5.32 Å². The van der Waals surface area contributed by atoms with Crippen molar-refractivity contribution in [2.24, 2.45) is 0 Å². The number of halogens is 2. The molecule has 3 aromatic rings. The molecule has 0 aliphatic carbocycles. The molecule has 0 unspecified atom stereocenters. The Kier molecular flexibility index (Phi) is 5.99. The normalized spacial score (nSPS) is 11.9. The van der Waals surface area contributed by atoms with Crippen LogP contribution in [0.3, 0.4) is 0 Å². The van der Waals surface area contributed by atoms with Gasteiger partial charge in [0.25, 0.3) is 0 Å². The summed E-state index contributed by atoms with van der Waals surface area (Å²) in [7, 11) is 0. The second kappa shape index (κ2) is 8.42. The number of carboxylic acid groups (broad SMARTS) is 1. The maximum absolute atomic E-state index is 12.4. The summed E-state index contributed by atoms with van der Waals surface area (Å²) in [6.07, 6.45) is 0.178. The summed E-state index contributed by atoms with van der Waals surface area (Å²) in [4.78, 5) is 23.9. The van der Waals surface area contributed by atoms with E-state index in [1.54, 1.807) is 18.2 Å². The van der Waals surface area contributed by atoms with Crippen LogP contribution in [0.5, 0.6) is 0 Å². The van der Waals surface area contributed by atoms with Crippen LogP contribution >= 0.6 is 23.2 Å². The maximum atomic E-state index is 12.4. The molecule has 0 aliphatic rings. The van der Waals surface area contributed by atoms with Gasteiger partial charge in [0.05, 0.1) is 6.42 Å². The SMILES string of the molecule is O=C(Cc1ccc2ccccc2c1)N[C@@H](Cc1ccc(Cl)cc1Cl)C(=O)O. The molecule has 3 rings (SSSR count). The molecule has 6 heteroatoms. The monoisotopic (exact) mass is 401 g/mol. The van der Waals surface area contributed by atoms with Crippen LogP contribution in [-0.4, -0.2) is 23.0 Å². The minimum Gasteiger partial charge on any atom is -0.480 e. The van der Waals surface area contributed by atoms with Gasteiger partial charge >= 0.3 is 5.97 Å². The van der Waals surface area contributed by atoms with Gasteiger partial charge in [-0.2, -0.15) is 0 Å².